The molecular weight excluding hydrogens is 260 g/mol. The van der Waals surface area contributed by atoms with E-state index in [9.17, 15) is 4.79 Å². The molecule has 106 valence electrons. The molecule has 2 fully saturated rings. The van der Waals surface area contributed by atoms with Gasteiger partial charge in [0, 0.05) is 19.6 Å². The lowest BCUT2D eigenvalue weighted by Gasteiger charge is -2.25. The Morgan fingerprint density at radius 2 is 2.15 bits per heavy atom. The van der Waals surface area contributed by atoms with E-state index in [0.29, 0.717) is 6.79 Å². The second kappa shape index (κ2) is 4.64. The van der Waals surface area contributed by atoms with Crippen LogP contribution in [-0.4, -0.2) is 49.4 Å². The van der Waals surface area contributed by atoms with Crippen molar-refractivity contribution in [3.63, 3.8) is 0 Å². The molecule has 0 aliphatic carbocycles. The molecule has 20 heavy (non-hydrogen) atoms. The average molecular weight is 276 g/mol. The quantitative estimate of drug-likeness (QED) is 0.831. The van der Waals surface area contributed by atoms with Crippen LogP contribution < -0.4 is 14.8 Å². The monoisotopic (exact) mass is 276 g/mol. The Morgan fingerprint density at radius 1 is 1.25 bits per heavy atom. The molecule has 3 aliphatic heterocycles. The smallest absolute Gasteiger partial charge is 0.246 e. The zero-order chi connectivity index (χ0) is 13.5. The molecule has 0 aromatic heterocycles. The molecule has 3 aliphatic rings. The second-order valence-corrected chi connectivity index (χ2v) is 5.41. The van der Waals surface area contributed by atoms with Gasteiger partial charge in [-0.15, -0.1) is 0 Å². The Bertz CT molecular complexity index is 548. The molecule has 1 aromatic rings. The number of carbonyl (C=O) groups excluding carboxylic acids is 1. The van der Waals surface area contributed by atoms with Gasteiger partial charge < -0.3 is 19.5 Å². The highest BCUT2D eigenvalue weighted by molar-refractivity contribution is 5.78. The van der Waals surface area contributed by atoms with Crippen LogP contribution >= 0.6 is 0 Å². The summed E-state index contributed by atoms with van der Waals surface area (Å²) in [6.45, 7) is 2.97. The first kappa shape index (κ1) is 12.0. The molecular formula is C14H16N2O4. The first-order valence-corrected chi connectivity index (χ1v) is 6.80. The molecule has 6 nitrogen and oxygen atoms in total. The van der Waals surface area contributed by atoms with Crippen molar-refractivity contribution in [2.24, 2.45) is 0 Å². The summed E-state index contributed by atoms with van der Waals surface area (Å²) >= 11 is 0. The number of likely N-dealkylation sites (tertiary alicyclic amines) is 1. The van der Waals surface area contributed by atoms with Crippen molar-refractivity contribution in [2.45, 2.75) is 18.7 Å². The maximum absolute atomic E-state index is 11.3. The third-order valence-corrected chi connectivity index (χ3v) is 3.96. The molecule has 1 N–H and O–H groups in total. The van der Waals surface area contributed by atoms with E-state index in [1.54, 1.807) is 0 Å². The first-order chi connectivity index (χ1) is 9.78. The fourth-order valence-electron chi connectivity index (χ4n) is 3.02. The number of hydrogen-bond donors (Lipinski definition) is 1. The summed E-state index contributed by atoms with van der Waals surface area (Å²) in [5, 5.41) is 2.99. The summed E-state index contributed by atoms with van der Waals surface area (Å²) in [5.74, 6) is 1.60. The molecule has 4 rings (SSSR count). The lowest BCUT2D eigenvalue weighted by Crippen LogP contribution is -2.50. The fourth-order valence-corrected chi connectivity index (χ4v) is 3.02. The van der Waals surface area contributed by atoms with Crippen LogP contribution in [0, 0.1) is 0 Å². The number of rotatable bonds is 2. The van der Waals surface area contributed by atoms with E-state index < -0.39 is 0 Å². The standard InChI is InChI=1S/C14H16N2O4/c17-14-7-18-13-6-16(5-10(13)15-14)4-9-1-2-11-12(3-9)20-8-19-11/h1-3,10,13H,4-8H2,(H,15,17)/t10-,13+/m0/s1. The van der Waals surface area contributed by atoms with Gasteiger partial charge in [-0.05, 0) is 17.7 Å². The largest absolute Gasteiger partial charge is 0.454 e. The fraction of sp³-hybridized carbons (Fsp3) is 0.500. The van der Waals surface area contributed by atoms with Crippen LogP contribution in [-0.2, 0) is 16.1 Å². The first-order valence-electron chi connectivity index (χ1n) is 6.80. The lowest BCUT2D eigenvalue weighted by atomic mass is 10.2. The molecule has 0 saturated carbocycles. The van der Waals surface area contributed by atoms with E-state index in [4.69, 9.17) is 14.2 Å². The van der Waals surface area contributed by atoms with E-state index in [-0.39, 0.29) is 24.7 Å². The van der Waals surface area contributed by atoms with Gasteiger partial charge in [-0.1, -0.05) is 6.07 Å². The van der Waals surface area contributed by atoms with Crippen molar-refractivity contribution in [3.8, 4) is 11.5 Å². The number of nitrogens with zero attached hydrogens (tertiary/aromatic N) is 1. The molecule has 1 aromatic carbocycles. The minimum atomic E-state index is -0.0174. The van der Waals surface area contributed by atoms with Gasteiger partial charge in [0.05, 0.1) is 12.1 Å². The number of hydrogen-bond acceptors (Lipinski definition) is 5. The molecule has 0 unspecified atom stereocenters. The lowest BCUT2D eigenvalue weighted by molar-refractivity contribution is -0.134. The Kier molecular flexibility index (Phi) is 2.78. The van der Waals surface area contributed by atoms with Crippen LogP contribution in [0.4, 0.5) is 0 Å². The van der Waals surface area contributed by atoms with Crippen molar-refractivity contribution >= 4 is 5.91 Å². The third kappa shape index (κ3) is 2.10. The highest BCUT2D eigenvalue weighted by Gasteiger charge is 2.37. The van der Waals surface area contributed by atoms with Crippen molar-refractivity contribution in [3.05, 3.63) is 23.8 Å². The molecule has 1 amide bonds. The highest BCUT2D eigenvalue weighted by Crippen LogP contribution is 2.33. The predicted molar refractivity (Wildman–Crippen MR) is 69.5 cm³/mol. The van der Waals surface area contributed by atoms with E-state index in [1.807, 2.05) is 12.1 Å². The summed E-state index contributed by atoms with van der Waals surface area (Å²) in [6.07, 6.45) is 0.113. The molecule has 2 atom stereocenters. The van der Waals surface area contributed by atoms with Gasteiger partial charge in [-0.3, -0.25) is 9.69 Å². The second-order valence-electron chi connectivity index (χ2n) is 5.41. The topological polar surface area (TPSA) is 60.0 Å². The van der Waals surface area contributed by atoms with E-state index in [1.165, 1.54) is 5.56 Å². The van der Waals surface area contributed by atoms with Gasteiger partial charge in [0.15, 0.2) is 11.5 Å². The molecule has 3 heterocycles. The van der Waals surface area contributed by atoms with Crippen LogP contribution in [0.5, 0.6) is 11.5 Å². The predicted octanol–water partition coefficient (Wildman–Crippen LogP) is 0.114. The van der Waals surface area contributed by atoms with Crippen molar-refractivity contribution in [2.75, 3.05) is 26.5 Å². The number of fused-ring (bicyclic) bond motifs is 2. The summed E-state index contributed by atoms with van der Waals surface area (Å²) < 4.78 is 16.3. The zero-order valence-electron chi connectivity index (χ0n) is 11.0. The maximum atomic E-state index is 11.3. The Balaban J connectivity index is 1.44. The Morgan fingerprint density at radius 3 is 3.10 bits per heavy atom. The third-order valence-electron chi connectivity index (χ3n) is 3.96. The number of benzene rings is 1. The minimum Gasteiger partial charge on any atom is -0.454 e. The maximum Gasteiger partial charge on any atom is 0.246 e. The van der Waals surface area contributed by atoms with Crippen LogP contribution in [0.3, 0.4) is 0 Å². The molecule has 6 heteroatoms. The van der Waals surface area contributed by atoms with E-state index in [2.05, 4.69) is 16.3 Å². The van der Waals surface area contributed by atoms with Crippen molar-refractivity contribution in [1.29, 1.82) is 0 Å². The zero-order valence-corrected chi connectivity index (χ0v) is 11.0. The summed E-state index contributed by atoms with van der Waals surface area (Å²) in [5.41, 5.74) is 1.18. The van der Waals surface area contributed by atoms with E-state index >= 15 is 0 Å². The average Bonchev–Trinajstić information content (AvgIpc) is 3.03. The highest BCUT2D eigenvalue weighted by atomic mass is 16.7. The van der Waals surface area contributed by atoms with Gasteiger partial charge in [0.25, 0.3) is 0 Å². The molecule has 0 radical (unpaired) electrons. The van der Waals surface area contributed by atoms with Crippen molar-refractivity contribution in [1.82, 2.24) is 10.2 Å². The minimum absolute atomic E-state index is 0.0174. The normalized spacial score (nSPS) is 28.3. The van der Waals surface area contributed by atoms with Crippen LogP contribution in [0.1, 0.15) is 5.56 Å². The number of carbonyl (C=O) groups is 1. The van der Waals surface area contributed by atoms with Crippen LogP contribution in [0.25, 0.3) is 0 Å². The number of ether oxygens (including phenoxy) is 3. The van der Waals surface area contributed by atoms with E-state index in [0.717, 1.165) is 31.1 Å². The van der Waals surface area contributed by atoms with Crippen LogP contribution in [0.15, 0.2) is 18.2 Å². The Labute approximate surface area is 116 Å². The van der Waals surface area contributed by atoms with Crippen LogP contribution in [0.2, 0.25) is 0 Å². The molecule has 0 spiro atoms. The summed E-state index contributed by atoms with van der Waals surface area (Å²) in [4.78, 5) is 13.6. The number of morpholine rings is 1. The van der Waals surface area contributed by atoms with Gasteiger partial charge in [0.2, 0.25) is 12.7 Å². The van der Waals surface area contributed by atoms with Gasteiger partial charge >= 0.3 is 0 Å². The van der Waals surface area contributed by atoms with Gasteiger partial charge in [0.1, 0.15) is 6.61 Å². The SMILES string of the molecule is O=C1CO[C@@H]2CN(Cc3ccc4c(c3)OCO4)C[C@@H]2N1. The van der Waals surface area contributed by atoms with Gasteiger partial charge in [-0.25, -0.2) is 0 Å². The van der Waals surface area contributed by atoms with Crippen molar-refractivity contribution < 1.29 is 19.0 Å². The number of nitrogens with one attached hydrogen (secondary N) is 1. The summed E-state index contributed by atoms with van der Waals surface area (Å²) in [6, 6.07) is 6.13. The molecule has 0 bridgehead atoms. The Hall–Kier alpha value is -1.79. The van der Waals surface area contributed by atoms with Gasteiger partial charge in [-0.2, -0.15) is 0 Å². The summed E-state index contributed by atoms with van der Waals surface area (Å²) in [7, 11) is 0. The molecule has 2 saturated heterocycles. The number of amides is 1.